The standard InChI is InChI=1S/C26H37FN2/c1-3-4-5-6-7-8-22-14-15-23(19-25(22)27)26-18-17-24(28-29-26)16-13-21-11-9-20(2)10-12-21/h14-15,17-21H,3-13,16H2,1-2H3. The number of benzene rings is 1. The first kappa shape index (κ1) is 21.9. The van der Waals surface area contributed by atoms with Crippen molar-refractivity contribution in [3.05, 3.63) is 47.4 Å². The number of rotatable bonds is 10. The molecule has 2 aromatic rings. The Kier molecular flexibility index (Phi) is 8.64. The lowest BCUT2D eigenvalue weighted by Crippen LogP contribution is -2.13. The molecule has 1 aliphatic rings. The fraction of sp³-hybridized carbons (Fsp3) is 0.615. The molecule has 0 spiro atoms. The van der Waals surface area contributed by atoms with E-state index in [1.165, 1.54) is 57.8 Å². The van der Waals surface area contributed by atoms with E-state index in [0.29, 0.717) is 0 Å². The Hall–Kier alpha value is -1.77. The quantitative estimate of drug-likeness (QED) is 0.387. The van der Waals surface area contributed by atoms with Crippen LogP contribution in [0.25, 0.3) is 11.3 Å². The lowest BCUT2D eigenvalue weighted by Gasteiger charge is -2.25. The van der Waals surface area contributed by atoms with Gasteiger partial charge in [0.1, 0.15) is 5.82 Å². The zero-order valence-corrected chi connectivity index (χ0v) is 18.3. The number of aryl methyl sites for hydroxylation is 2. The van der Waals surface area contributed by atoms with Gasteiger partial charge in [-0.3, -0.25) is 0 Å². The zero-order valence-electron chi connectivity index (χ0n) is 18.3. The van der Waals surface area contributed by atoms with Crippen LogP contribution >= 0.6 is 0 Å². The summed E-state index contributed by atoms with van der Waals surface area (Å²) < 4.78 is 14.5. The van der Waals surface area contributed by atoms with Gasteiger partial charge in [0.15, 0.2) is 0 Å². The minimum absolute atomic E-state index is 0.115. The number of nitrogens with zero attached hydrogens (tertiary/aromatic N) is 2. The molecule has 0 radical (unpaired) electrons. The third-order valence-corrected chi connectivity index (χ3v) is 6.56. The maximum atomic E-state index is 14.5. The van der Waals surface area contributed by atoms with E-state index in [2.05, 4.69) is 30.1 Å². The summed E-state index contributed by atoms with van der Waals surface area (Å²) in [6.45, 7) is 4.58. The number of aromatic nitrogens is 2. The highest BCUT2D eigenvalue weighted by Crippen LogP contribution is 2.31. The molecule has 1 heterocycles. The van der Waals surface area contributed by atoms with Crippen molar-refractivity contribution in [3.63, 3.8) is 0 Å². The van der Waals surface area contributed by atoms with Crippen molar-refractivity contribution < 1.29 is 4.39 Å². The van der Waals surface area contributed by atoms with Crippen molar-refractivity contribution in [2.45, 2.75) is 90.9 Å². The Bertz CT molecular complexity index is 733. The van der Waals surface area contributed by atoms with Crippen LogP contribution in [0.1, 0.15) is 89.3 Å². The second-order valence-corrected chi connectivity index (χ2v) is 9.04. The van der Waals surface area contributed by atoms with Gasteiger partial charge in [-0.15, -0.1) is 0 Å². The first-order valence-corrected chi connectivity index (χ1v) is 11.8. The van der Waals surface area contributed by atoms with Crippen molar-refractivity contribution >= 4 is 0 Å². The molecular weight excluding hydrogens is 359 g/mol. The van der Waals surface area contributed by atoms with Crippen LogP contribution in [-0.4, -0.2) is 10.2 Å². The van der Waals surface area contributed by atoms with Gasteiger partial charge >= 0.3 is 0 Å². The molecule has 0 aliphatic heterocycles. The summed E-state index contributed by atoms with van der Waals surface area (Å²) in [5, 5.41) is 8.79. The average Bonchev–Trinajstić information content (AvgIpc) is 2.74. The monoisotopic (exact) mass is 396 g/mol. The van der Waals surface area contributed by atoms with Crippen LogP contribution in [0.4, 0.5) is 4.39 Å². The molecular formula is C26H37FN2. The van der Waals surface area contributed by atoms with Gasteiger partial charge in [0.25, 0.3) is 0 Å². The van der Waals surface area contributed by atoms with Crippen LogP contribution < -0.4 is 0 Å². The molecule has 0 bridgehead atoms. The molecule has 0 N–H and O–H groups in total. The van der Waals surface area contributed by atoms with Crippen molar-refractivity contribution in [1.29, 1.82) is 0 Å². The van der Waals surface area contributed by atoms with Crippen molar-refractivity contribution in [2.75, 3.05) is 0 Å². The molecule has 1 aliphatic carbocycles. The topological polar surface area (TPSA) is 25.8 Å². The molecule has 29 heavy (non-hydrogen) atoms. The first-order valence-electron chi connectivity index (χ1n) is 11.8. The Morgan fingerprint density at radius 1 is 0.897 bits per heavy atom. The molecule has 158 valence electrons. The summed E-state index contributed by atoms with van der Waals surface area (Å²) in [6, 6.07) is 9.58. The van der Waals surface area contributed by atoms with E-state index < -0.39 is 0 Å². The van der Waals surface area contributed by atoms with Crippen molar-refractivity contribution in [1.82, 2.24) is 10.2 Å². The minimum atomic E-state index is -0.115. The largest absolute Gasteiger partial charge is 0.207 e. The van der Waals surface area contributed by atoms with Gasteiger partial charge in [0.05, 0.1) is 11.4 Å². The highest BCUT2D eigenvalue weighted by atomic mass is 19.1. The van der Waals surface area contributed by atoms with E-state index in [1.807, 2.05) is 18.2 Å². The zero-order chi connectivity index (χ0) is 20.5. The molecule has 0 atom stereocenters. The van der Waals surface area contributed by atoms with E-state index in [4.69, 9.17) is 0 Å². The van der Waals surface area contributed by atoms with E-state index in [0.717, 1.165) is 53.6 Å². The fourth-order valence-electron chi connectivity index (χ4n) is 4.45. The summed E-state index contributed by atoms with van der Waals surface area (Å²) in [4.78, 5) is 0. The number of hydrogen-bond acceptors (Lipinski definition) is 2. The summed E-state index contributed by atoms with van der Waals surface area (Å²) in [6.07, 6.45) is 14.5. The highest BCUT2D eigenvalue weighted by Gasteiger charge is 2.18. The van der Waals surface area contributed by atoms with Gasteiger partial charge in [-0.1, -0.05) is 77.3 Å². The van der Waals surface area contributed by atoms with Crippen LogP contribution in [0.2, 0.25) is 0 Å². The summed E-state index contributed by atoms with van der Waals surface area (Å²) in [7, 11) is 0. The summed E-state index contributed by atoms with van der Waals surface area (Å²) in [5.74, 6) is 1.63. The summed E-state index contributed by atoms with van der Waals surface area (Å²) in [5.41, 5.74) is 3.44. The van der Waals surface area contributed by atoms with Crippen molar-refractivity contribution in [2.24, 2.45) is 11.8 Å². The first-order chi connectivity index (χ1) is 14.2. The van der Waals surface area contributed by atoms with E-state index >= 15 is 0 Å². The lowest BCUT2D eigenvalue weighted by molar-refractivity contribution is 0.277. The molecule has 1 fully saturated rings. The van der Waals surface area contributed by atoms with Crippen LogP contribution in [0, 0.1) is 17.7 Å². The summed E-state index contributed by atoms with van der Waals surface area (Å²) >= 11 is 0. The molecule has 0 saturated heterocycles. The highest BCUT2D eigenvalue weighted by molar-refractivity contribution is 5.59. The average molecular weight is 397 g/mol. The van der Waals surface area contributed by atoms with Crippen LogP contribution in [0.3, 0.4) is 0 Å². The minimum Gasteiger partial charge on any atom is -0.207 e. The van der Waals surface area contributed by atoms with Crippen molar-refractivity contribution in [3.8, 4) is 11.3 Å². The molecule has 1 aromatic carbocycles. The second kappa shape index (κ2) is 11.4. The number of unbranched alkanes of at least 4 members (excludes halogenated alkanes) is 4. The lowest BCUT2D eigenvalue weighted by atomic mass is 9.81. The predicted molar refractivity (Wildman–Crippen MR) is 119 cm³/mol. The fourth-order valence-corrected chi connectivity index (χ4v) is 4.45. The third kappa shape index (κ3) is 6.90. The Morgan fingerprint density at radius 2 is 1.69 bits per heavy atom. The molecule has 1 aromatic heterocycles. The SMILES string of the molecule is CCCCCCCc1ccc(-c2ccc(CCC3CCC(C)CC3)nn2)cc1F. The molecule has 0 unspecified atom stereocenters. The number of hydrogen-bond donors (Lipinski definition) is 0. The van der Waals surface area contributed by atoms with Crippen LogP contribution in [0.15, 0.2) is 30.3 Å². The number of halogens is 1. The maximum Gasteiger partial charge on any atom is 0.127 e. The molecule has 3 heteroatoms. The van der Waals surface area contributed by atoms with Crippen LogP contribution in [-0.2, 0) is 12.8 Å². The normalized spacial score (nSPS) is 19.4. The Labute approximate surface area is 176 Å². The third-order valence-electron chi connectivity index (χ3n) is 6.56. The molecule has 0 amide bonds. The van der Waals surface area contributed by atoms with Crippen LogP contribution in [0.5, 0.6) is 0 Å². The molecule has 1 saturated carbocycles. The van der Waals surface area contributed by atoms with Gasteiger partial charge in [0, 0.05) is 5.56 Å². The van der Waals surface area contributed by atoms with E-state index in [1.54, 1.807) is 6.07 Å². The van der Waals surface area contributed by atoms with Gasteiger partial charge in [-0.25, -0.2) is 4.39 Å². The Balaban J connectivity index is 1.50. The van der Waals surface area contributed by atoms with Gasteiger partial charge in [-0.05, 0) is 61.3 Å². The van der Waals surface area contributed by atoms with E-state index in [9.17, 15) is 4.39 Å². The molecule has 2 nitrogen and oxygen atoms in total. The predicted octanol–water partition coefficient (Wildman–Crippen LogP) is 7.55. The molecule has 3 rings (SSSR count). The smallest absolute Gasteiger partial charge is 0.127 e. The Morgan fingerprint density at radius 3 is 2.38 bits per heavy atom. The second-order valence-electron chi connectivity index (χ2n) is 9.04. The van der Waals surface area contributed by atoms with Gasteiger partial charge in [-0.2, -0.15) is 10.2 Å². The van der Waals surface area contributed by atoms with Gasteiger partial charge in [0.2, 0.25) is 0 Å². The van der Waals surface area contributed by atoms with E-state index in [-0.39, 0.29) is 5.82 Å². The van der Waals surface area contributed by atoms with Gasteiger partial charge < -0.3 is 0 Å². The maximum absolute atomic E-state index is 14.5.